The third kappa shape index (κ3) is 13.4. The SMILES string of the molecule is C=CCCCCC(=CCCC)C(CCC=CCC)CCCC=CC. The molecule has 0 aromatic carbocycles. The van der Waals surface area contributed by atoms with Crippen LogP contribution in [-0.4, -0.2) is 0 Å². The Balaban J connectivity index is 4.71. The molecular weight excluding hydrogens is 288 g/mol. The van der Waals surface area contributed by atoms with Crippen molar-refractivity contribution >= 4 is 0 Å². The average Bonchev–Trinajstić information content (AvgIpc) is 2.60. The molecule has 0 spiro atoms. The summed E-state index contributed by atoms with van der Waals surface area (Å²) in [7, 11) is 0. The van der Waals surface area contributed by atoms with Gasteiger partial charge in [0, 0.05) is 0 Å². The molecule has 0 N–H and O–H groups in total. The molecule has 0 rings (SSSR count). The van der Waals surface area contributed by atoms with Crippen molar-refractivity contribution in [3.8, 4) is 0 Å². The highest BCUT2D eigenvalue weighted by atomic mass is 14.2. The molecule has 0 heterocycles. The van der Waals surface area contributed by atoms with Crippen LogP contribution in [0.5, 0.6) is 0 Å². The number of unbranched alkanes of at least 4 members (excludes halogenated alkanes) is 4. The van der Waals surface area contributed by atoms with E-state index in [0.717, 1.165) is 18.8 Å². The minimum absolute atomic E-state index is 0.784. The van der Waals surface area contributed by atoms with Gasteiger partial charge in [-0.3, -0.25) is 0 Å². The van der Waals surface area contributed by atoms with Gasteiger partial charge in [0.1, 0.15) is 0 Å². The third-order valence-electron chi connectivity index (χ3n) is 4.59. The Morgan fingerprint density at radius 1 is 0.875 bits per heavy atom. The average molecular weight is 331 g/mol. The molecule has 0 aliphatic heterocycles. The Hall–Kier alpha value is -1.04. The summed E-state index contributed by atoms with van der Waals surface area (Å²) in [5, 5.41) is 0. The fourth-order valence-corrected chi connectivity index (χ4v) is 3.17. The molecule has 0 bridgehead atoms. The molecule has 0 saturated carbocycles. The molecule has 0 amide bonds. The summed E-state index contributed by atoms with van der Waals surface area (Å²) < 4.78 is 0. The molecule has 0 aromatic heterocycles. The summed E-state index contributed by atoms with van der Waals surface area (Å²) in [6.45, 7) is 10.5. The molecule has 0 nitrogen and oxygen atoms in total. The third-order valence-corrected chi connectivity index (χ3v) is 4.59. The van der Waals surface area contributed by atoms with Crippen LogP contribution in [0.4, 0.5) is 0 Å². The van der Waals surface area contributed by atoms with Crippen LogP contribution in [0.1, 0.15) is 97.8 Å². The minimum atomic E-state index is 0.784. The van der Waals surface area contributed by atoms with Gasteiger partial charge in [-0.2, -0.15) is 0 Å². The summed E-state index contributed by atoms with van der Waals surface area (Å²) in [5.41, 5.74) is 1.74. The molecule has 0 fully saturated rings. The van der Waals surface area contributed by atoms with Crippen molar-refractivity contribution in [2.45, 2.75) is 97.8 Å². The lowest BCUT2D eigenvalue weighted by Gasteiger charge is -2.21. The summed E-state index contributed by atoms with van der Waals surface area (Å²) in [6, 6.07) is 0. The zero-order valence-electron chi connectivity index (χ0n) is 16.7. The van der Waals surface area contributed by atoms with Crippen LogP contribution in [0.15, 0.2) is 48.6 Å². The van der Waals surface area contributed by atoms with Gasteiger partial charge >= 0.3 is 0 Å². The van der Waals surface area contributed by atoms with Crippen LogP contribution < -0.4 is 0 Å². The van der Waals surface area contributed by atoms with Crippen molar-refractivity contribution in [2.75, 3.05) is 0 Å². The van der Waals surface area contributed by atoms with Gasteiger partial charge in [-0.1, -0.05) is 62.3 Å². The van der Waals surface area contributed by atoms with Crippen LogP contribution in [0.3, 0.4) is 0 Å². The molecular formula is C24H42. The Morgan fingerprint density at radius 3 is 2.38 bits per heavy atom. The number of hydrogen-bond acceptors (Lipinski definition) is 0. The van der Waals surface area contributed by atoms with E-state index >= 15 is 0 Å². The van der Waals surface area contributed by atoms with E-state index in [1.807, 2.05) is 0 Å². The van der Waals surface area contributed by atoms with E-state index < -0.39 is 0 Å². The van der Waals surface area contributed by atoms with Crippen LogP contribution >= 0.6 is 0 Å². The Kier molecular flexibility index (Phi) is 17.5. The first-order chi connectivity index (χ1) is 11.8. The van der Waals surface area contributed by atoms with E-state index in [1.165, 1.54) is 64.2 Å². The molecule has 0 saturated heterocycles. The van der Waals surface area contributed by atoms with E-state index in [9.17, 15) is 0 Å². The summed E-state index contributed by atoms with van der Waals surface area (Å²) >= 11 is 0. The van der Waals surface area contributed by atoms with Crippen molar-refractivity contribution < 1.29 is 0 Å². The lowest BCUT2D eigenvalue weighted by molar-refractivity contribution is 0.481. The Bertz CT molecular complexity index is 356. The van der Waals surface area contributed by atoms with Gasteiger partial charge in [0.15, 0.2) is 0 Å². The second-order valence-corrected chi connectivity index (χ2v) is 6.76. The van der Waals surface area contributed by atoms with Crippen molar-refractivity contribution in [1.82, 2.24) is 0 Å². The highest BCUT2D eigenvalue weighted by Crippen LogP contribution is 2.28. The second kappa shape index (κ2) is 18.3. The fraction of sp³-hybridized carbons (Fsp3) is 0.667. The zero-order valence-corrected chi connectivity index (χ0v) is 16.7. The Morgan fingerprint density at radius 2 is 1.71 bits per heavy atom. The second-order valence-electron chi connectivity index (χ2n) is 6.76. The van der Waals surface area contributed by atoms with E-state index in [0.29, 0.717) is 0 Å². The van der Waals surface area contributed by atoms with Gasteiger partial charge in [0.25, 0.3) is 0 Å². The van der Waals surface area contributed by atoms with Crippen molar-refractivity contribution in [3.05, 3.63) is 48.6 Å². The van der Waals surface area contributed by atoms with E-state index in [1.54, 1.807) is 5.57 Å². The molecule has 1 unspecified atom stereocenters. The first-order valence-electron chi connectivity index (χ1n) is 10.4. The smallest absolute Gasteiger partial charge is 0.0200 e. The number of allylic oxidation sites excluding steroid dienone is 7. The molecule has 0 heteroatoms. The first-order valence-corrected chi connectivity index (χ1v) is 10.4. The standard InChI is InChI=1S/C24H42/c1-5-9-13-16-20-23(19-12-8-4)24(21-17-14-10-6-2)22-18-15-11-7-3/h5-6,10-11,15,19,24H,1,7-9,12-14,16-18,20-22H2,2-4H3. The predicted octanol–water partition coefficient (Wildman–Crippen LogP) is 8.57. The van der Waals surface area contributed by atoms with E-state index in [4.69, 9.17) is 0 Å². The first kappa shape index (κ1) is 23.0. The molecule has 0 aliphatic carbocycles. The van der Waals surface area contributed by atoms with Crippen molar-refractivity contribution in [1.29, 1.82) is 0 Å². The molecule has 24 heavy (non-hydrogen) atoms. The van der Waals surface area contributed by atoms with Crippen LogP contribution in [0.25, 0.3) is 0 Å². The zero-order chi connectivity index (χ0) is 17.9. The van der Waals surface area contributed by atoms with E-state index in [-0.39, 0.29) is 0 Å². The van der Waals surface area contributed by atoms with Crippen LogP contribution in [0.2, 0.25) is 0 Å². The maximum Gasteiger partial charge on any atom is -0.0200 e. The topological polar surface area (TPSA) is 0 Å². The minimum Gasteiger partial charge on any atom is -0.103 e. The van der Waals surface area contributed by atoms with Crippen molar-refractivity contribution in [3.63, 3.8) is 0 Å². The van der Waals surface area contributed by atoms with E-state index in [2.05, 4.69) is 63.8 Å². The maximum atomic E-state index is 3.85. The molecule has 138 valence electrons. The molecule has 1 atom stereocenters. The van der Waals surface area contributed by atoms with Gasteiger partial charge < -0.3 is 0 Å². The highest BCUT2D eigenvalue weighted by Gasteiger charge is 2.13. The predicted molar refractivity (Wildman–Crippen MR) is 112 cm³/mol. The fourth-order valence-electron chi connectivity index (χ4n) is 3.17. The highest BCUT2D eigenvalue weighted by molar-refractivity contribution is 5.08. The largest absolute Gasteiger partial charge is 0.103 e. The quantitative estimate of drug-likeness (QED) is 0.196. The van der Waals surface area contributed by atoms with Crippen LogP contribution in [0, 0.1) is 5.92 Å². The lowest BCUT2D eigenvalue weighted by atomic mass is 9.85. The summed E-state index contributed by atoms with van der Waals surface area (Å²) in [6.07, 6.45) is 29.0. The normalized spacial score (nSPS) is 13.9. The lowest BCUT2D eigenvalue weighted by Crippen LogP contribution is -2.05. The van der Waals surface area contributed by atoms with Gasteiger partial charge in [0.2, 0.25) is 0 Å². The van der Waals surface area contributed by atoms with Crippen LogP contribution in [-0.2, 0) is 0 Å². The summed E-state index contributed by atoms with van der Waals surface area (Å²) in [5.74, 6) is 0.784. The Labute approximate surface area is 152 Å². The summed E-state index contributed by atoms with van der Waals surface area (Å²) in [4.78, 5) is 0. The molecule has 0 aromatic rings. The van der Waals surface area contributed by atoms with Gasteiger partial charge in [0.05, 0.1) is 0 Å². The molecule has 0 radical (unpaired) electrons. The van der Waals surface area contributed by atoms with Gasteiger partial charge in [-0.05, 0) is 83.5 Å². The molecule has 0 aliphatic rings. The van der Waals surface area contributed by atoms with Gasteiger partial charge in [-0.15, -0.1) is 6.58 Å². The monoisotopic (exact) mass is 330 g/mol. The van der Waals surface area contributed by atoms with Gasteiger partial charge in [-0.25, -0.2) is 0 Å². The maximum absolute atomic E-state index is 3.85. The number of rotatable bonds is 16. The number of hydrogen-bond donors (Lipinski definition) is 0. The van der Waals surface area contributed by atoms with Crippen molar-refractivity contribution in [2.24, 2.45) is 5.92 Å².